The molecule has 1 saturated heterocycles. The zero-order valence-corrected chi connectivity index (χ0v) is 16.6. The van der Waals surface area contributed by atoms with Crippen molar-refractivity contribution in [3.63, 3.8) is 0 Å². The number of hydrogen-bond acceptors (Lipinski definition) is 8. The van der Waals surface area contributed by atoms with Crippen LogP contribution in [-0.2, 0) is 4.79 Å². The van der Waals surface area contributed by atoms with Gasteiger partial charge in [-0.15, -0.1) is 0 Å². The SMILES string of the molecule is C=C(C)C(=O)Nc1ccnc(Sc2c(C)nc(N3CCNCC3)nc2C)n1. The summed E-state index contributed by atoms with van der Waals surface area (Å²) >= 11 is 1.39. The van der Waals surface area contributed by atoms with Crippen LogP contribution in [0.5, 0.6) is 0 Å². The molecule has 0 atom stereocenters. The first kappa shape index (κ1) is 19.2. The van der Waals surface area contributed by atoms with Gasteiger partial charge in [-0.1, -0.05) is 6.58 Å². The number of piperazine rings is 1. The quantitative estimate of drug-likeness (QED) is 0.596. The smallest absolute Gasteiger partial charge is 0.251 e. The van der Waals surface area contributed by atoms with E-state index in [4.69, 9.17) is 0 Å². The second-order valence-corrected chi connectivity index (χ2v) is 7.30. The minimum Gasteiger partial charge on any atom is -0.338 e. The number of aryl methyl sites for hydroxylation is 2. The molecule has 27 heavy (non-hydrogen) atoms. The Morgan fingerprint density at radius 1 is 1.22 bits per heavy atom. The summed E-state index contributed by atoms with van der Waals surface area (Å²) in [6.07, 6.45) is 1.62. The van der Waals surface area contributed by atoms with Gasteiger partial charge in [0.1, 0.15) is 5.82 Å². The van der Waals surface area contributed by atoms with Gasteiger partial charge in [-0.05, 0) is 38.6 Å². The van der Waals surface area contributed by atoms with Crippen molar-refractivity contribution < 1.29 is 4.79 Å². The average Bonchev–Trinajstić information content (AvgIpc) is 2.65. The molecule has 2 aromatic rings. The first-order valence-corrected chi connectivity index (χ1v) is 9.54. The summed E-state index contributed by atoms with van der Waals surface area (Å²) in [5, 5.41) is 6.56. The van der Waals surface area contributed by atoms with E-state index < -0.39 is 0 Å². The van der Waals surface area contributed by atoms with Gasteiger partial charge >= 0.3 is 0 Å². The fourth-order valence-corrected chi connectivity index (χ4v) is 3.44. The van der Waals surface area contributed by atoms with Crippen LogP contribution < -0.4 is 15.5 Å². The Bertz CT molecular complexity index is 842. The van der Waals surface area contributed by atoms with Crippen molar-refractivity contribution in [2.45, 2.75) is 30.8 Å². The molecule has 2 N–H and O–H groups in total. The number of amides is 1. The molecule has 0 radical (unpaired) electrons. The van der Waals surface area contributed by atoms with Crippen molar-refractivity contribution >= 4 is 29.4 Å². The highest BCUT2D eigenvalue weighted by Gasteiger charge is 2.17. The number of anilines is 2. The third-order valence-electron chi connectivity index (χ3n) is 4.05. The predicted octanol–water partition coefficient (Wildman–Crippen LogP) is 1.96. The zero-order valence-electron chi connectivity index (χ0n) is 15.7. The Balaban J connectivity index is 1.79. The molecule has 142 valence electrons. The van der Waals surface area contributed by atoms with E-state index in [2.05, 4.69) is 42.0 Å². The molecule has 3 heterocycles. The van der Waals surface area contributed by atoms with Gasteiger partial charge < -0.3 is 15.5 Å². The average molecular weight is 385 g/mol. The van der Waals surface area contributed by atoms with E-state index in [0.29, 0.717) is 16.5 Å². The molecular weight excluding hydrogens is 362 g/mol. The van der Waals surface area contributed by atoms with Gasteiger partial charge in [0.15, 0.2) is 5.16 Å². The largest absolute Gasteiger partial charge is 0.338 e. The first-order valence-electron chi connectivity index (χ1n) is 8.72. The van der Waals surface area contributed by atoms with Gasteiger partial charge in [0.2, 0.25) is 5.95 Å². The molecular formula is C18H23N7OS. The molecule has 0 bridgehead atoms. The van der Waals surface area contributed by atoms with Crippen LogP contribution in [0.3, 0.4) is 0 Å². The van der Waals surface area contributed by atoms with Gasteiger partial charge in [-0.3, -0.25) is 4.79 Å². The maximum atomic E-state index is 11.8. The van der Waals surface area contributed by atoms with Gasteiger partial charge in [-0.2, -0.15) is 0 Å². The van der Waals surface area contributed by atoms with Crippen LogP contribution in [0.4, 0.5) is 11.8 Å². The number of nitrogens with zero attached hydrogens (tertiary/aromatic N) is 5. The third-order valence-corrected chi connectivity index (χ3v) is 5.22. The molecule has 0 unspecified atom stereocenters. The summed E-state index contributed by atoms with van der Waals surface area (Å²) in [5.41, 5.74) is 2.20. The standard InChI is InChI=1S/C18H23N7OS/c1-11(2)16(26)23-14-5-6-20-18(24-14)27-15-12(3)21-17(22-13(15)4)25-9-7-19-8-10-25/h5-6,19H,1,7-10H2,2-4H3,(H,20,23,24,26). The summed E-state index contributed by atoms with van der Waals surface area (Å²) in [7, 11) is 0. The molecule has 0 aliphatic carbocycles. The van der Waals surface area contributed by atoms with Crippen molar-refractivity contribution in [3.8, 4) is 0 Å². The normalized spacial score (nSPS) is 14.1. The minimum absolute atomic E-state index is 0.263. The Morgan fingerprint density at radius 2 is 1.89 bits per heavy atom. The van der Waals surface area contributed by atoms with Crippen molar-refractivity contribution in [1.82, 2.24) is 25.3 Å². The lowest BCUT2D eigenvalue weighted by Gasteiger charge is -2.28. The van der Waals surface area contributed by atoms with E-state index in [1.54, 1.807) is 19.2 Å². The van der Waals surface area contributed by atoms with E-state index in [1.165, 1.54) is 11.8 Å². The fraction of sp³-hybridized carbons (Fsp3) is 0.389. The molecule has 1 aliphatic rings. The topological polar surface area (TPSA) is 95.9 Å². The molecule has 9 heteroatoms. The Hall–Kier alpha value is -2.52. The van der Waals surface area contributed by atoms with E-state index in [0.717, 1.165) is 48.4 Å². The number of carbonyl (C=O) groups is 1. The molecule has 2 aromatic heterocycles. The van der Waals surface area contributed by atoms with Crippen molar-refractivity contribution in [3.05, 3.63) is 35.8 Å². The van der Waals surface area contributed by atoms with Gasteiger partial charge in [-0.25, -0.2) is 19.9 Å². The molecule has 3 rings (SSSR count). The number of aromatic nitrogens is 4. The van der Waals surface area contributed by atoms with Crippen molar-refractivity contribution in [2.75, 3.05) is 36.4 Å². The molecule has 8 nitrogen and oxygen atoms in total. The van der Waals surface area contributed by atoms with E-state index >= 15 is 0 Å². The van der Waals surface area contributed by atoms with Crippen LogP contribution >= 0.6 is 11.8 Å². The summed E-state index contributed by atoms with van der Waals surface area (Å²) < 4.78 is 0. The summed E-state index contributed by atoms with van der Waals surface area (Å²) in [4.78, 5) is 32.9. The lowest BCUT2D eigenvalue weighted by Crippen LogP contribution is -2.44. The van der Waals surface area contributed by atoms with Crippen LogP contribution in [0.25, 0.3) is 0 Å². The fourth-order valence-electron chi connectivity index (χ4n) is 2.62. The highest BCUT2D eigenvalue weighted by Crippen LogP contribution is 2.30. The lowest BCUT2D eigenvalue weighted by molar-refractivity contribution is -0.112. The maximum Gasteiger partial charge on any atom is 0.251 e. The Labute approximate surface area is 162 Å². The number of rotatable bonds is 5. The molecule has 0 saturated carbocycles. The van der Waals surface area contributed by atoms with Gasteiger partial charge in [0.25, 0.3) is 5.91 Å². The highest BCUT2D eigenvalue weighted by molar-refractivity contribution is 7.99. The number of hydrogen-bond donors (Lipinski definition) is 2. The van der Waals surface area contributed by atoms with Crippen LogP contribution in [-0.4, -0.2) is 52.0 Å². The van der Waals surface area contributed by atoms with Crippen LogP contribution in [0.15, 0.2) is 34.5 Å². The Morgan fingerprint density at radius 3 is 2.52 bits per heavy atom. The minimum atomic E-state index is -0.263. The van der Waals surface area contributed by atoms with Crippen LogP contribution in [0.1, 0.15) is 18.3 Å². The first-order chi connectivity index (χ1) is 12.9. The van der Waals surface area contributed by atoms with Crippen molar-refractivity contribution in [2.24, 2.45) is 0 Å². The summed E-state index contributed by atoms with van der Waals surface area (Å²) in [6.45, 7) is 12.9. The summed E-state index contributed by atoms with van der Waals surface area (Å²) in [5.74, 6) is 0.939. The van der Waals surface area contributed by atoms with Gasteiger partial charge in [0.05, 0.1) is 16.3 Å². The van der Waals surface area contributed by atoms with E-state index in [9.17, 15) is 4.79 Å². The van der Waals surface area contributed by atoms with Crippen molar-refractivity contribution in [1.29, 1.82) is 0 Å². The number of nitrogens with one attached hydrogen (secondary N) is 2. The third kappa shape index (κ3) is 4.81. The molecule has 1 amide bonds. The zero-order chi connectivity index (χ0) is 19.4. The van der Waals surface area contributed by atoms with E-state index in [-0.39, 0.29) is 5.91 Å². The van der Waals surface area contributed by atoms with Crippen LogP contribution in [0, 0.1) is 13.8 Å². The molecule has 0 spiro atoms. The Kier molecular flexibility index (Phi) is 6.02. The number of carbonyl (C=O) groups excluding carboxylic acids is 1. The summed E-state index contributed by atoms with van der Waals surface area (Å²) in [6, 6.07) is 1.65. The molecule has 1 aliphatic heterocycles. The molecule has 1 fully saturated rings. The predicted molar refractivity (Wildman–Crippen MR) is 106 cm³/mol. The second kappa shape index (κ2) is 8.45. The van der Waals surface area contributed by atoms with Gasteiger partial charge in [0, 0.05) is 37.9 Å². The highest BCUT2D eigenvalue weighted by atomic mass is 32.2. The second-order valence-electron chi connectivity index (χ2n) is 6.32. The molecule has 0 aromatic carbocycles. The van der Waals surface area contributed by atoms with E-state index in [1.807, 2.05) is 13.8 Å². The van der Waals surface area contributed by atoms with Crippen LogP contribution in [0.2, 0.25) is 0 Å². The maximum absolute atomic E-state index is 11.8. The monoisotopic (exact) mass is 385 g/mol. The lowest BCUT2D eigenvalue weighted by atomic mass is 10.3.